The van der Waals surface area contributed by atoms with Crippen LogP contribution in [-0.4, -0.2) is 26.2 Å². The monoisotopic (exact) mass is 237 g/mol. The molecule has 0 spiro atoms. The summed E-state index contributed by atoms with van der Waals surface area (Å²) in [7, 11) is 1.63. The SMILES string of the molecule is CCCC(=O)OCCNc1ccc(OC)cc1. The largest absolute Gasteiger partial charge is 0.497 e. The highest BCUT2D eigenvalue weighted by Crippen LogP contribution is 2.14. The Morgan fingerprint density at radius 1 is 1.29 bits per heavy atom. The summed E-state index contributed by atoms with van der Waals surface area (Å²) in [6, 6.07) is 7.61. The van der Waals surface area contributed by atoms with E-state index in [0.717, 1.165) is 17.9 Å². The third kappa shape index (κ3) is 5.24. The number of carbonyl (C=O) groups excluding carboxylic acids is 1. The Labute approximate surface area is 102 Å². The molecule has 0 aliphatic heterocycles. The molecule has 4 heteroatoms. The Balaban J connectivity index is 2.19. The predicted octanol–water partition coefficient (Wildman–Crippen LogP) is 2.45. The Hall–Kier alpha value is -1.71. The average Bonchev–Trinajstić information content (AvgIpc) is 2.36. The zero-order chi connectivity index (χ0) is 12.5. The van der Waals surface area contributed by atoms with E-state index in [4.69, 9.17) is 9.47 Å². The first-order chi connectivity index (χ1) is 8.26. The van der Waals surface area contributed by atoms with Gasteiger partial charge in [-0.3, -0.25) is 4.79 Å². The summed E-state index contributed by atoms with van der Waals surface area (Å²) in [5, 5.41) is 3.16. The van der Waals surface area contributed by atoms with Crippen molar-refractivity contribution in [2.75, 3.05) is 25.6 Å². The molecule has 0 saturated heterocycles. The number of carbonyl (C=O) groups is 1. The van der Waals surface area contributed by atoms with Crippen molar-refractivity contribution in [3.63, 3.8) is 0 Å². The molecule has 17 heavy (non-hydrogen) atoms. The van der Waals surface area contributed by atoms with Gasteiger partial charge in [-0.15, -0.1) is 0 Å². The minimum atomic E-state index is -0.135. The van der Waals surface area contributed by atoms with Gasteiger partial charge in [0.15, 0.2) is 0 Å². The number of ether oxygens (including phenoxy) is 2. The average molecular weight is 237 g/mol. The molecule has 0 amide bonds. The van der Waals surface area contributed by atoms with Crippen molar-refractivity contribution in [3.05, 3.63) is 24.3 Å². The molecule has 0 atom stereocenters. The van der Waals surface area contributed by atoms with Crippen LogP contribution < -0.4 is 10.1 Å². The topological polar surface area (TPSA) is 47.6 Å². The van der Waals surface area contributed by atoms with E-state index in [1.807, 2.05) is 31.2 Å². The maximum Gasteiger partial charge on any atom is 0.305 e. The predicted molar refractivity (Wildman–Crippen MR) is 67.4 cm³/mol. The number of hydrogen-bond donors (Lipinski definition) is 1. The van der Waals surface area contributed by atoms with Crippen molar-refractivity contribution in [3.8, 4) is 5.75 Å². The zero-order valence-electron chi connectivity index (χ0n) is 10.4. The fourth-order valence-corrected chi connectivity index (χ4v) is 1.35. The summed E-state index contributed by atoms with van der Waals surface area (Å²) in [6.45, 7) is 2.96. The number of rotatable bonds is 7. The third-order valence-electron chi connectivity index (χ3n) is 2.24. The van der Waals surface area contributed by atoms with E-state index >= 15 is 0 Å². The van der Waals surface area contributed by atoms with E-state index in [-0.39, 0.29) is 5.97 Å². The van der Waals surface area contributed by atoms with Crippen molar-refractivity contribution in [1.29, 1.82) is 0 Å². The second-order valence-corrected chi connectivity index (χ2v) is 3.63. The summed E-state index contributed by atoms with van der Waals surface area (Å²) < 4.78 is 10.1. The molecule has 0 bridgehead atoms. The Kier molecular flexibility index (Phi) is 5.93. The van der Waals surface area contributed by atoms with E-state index in [1.165, 1.54) is 0 Å². The number of nitrogens with one attached hydrogen (secondary N) is 1. The van der Waals surface area contributed by atoms with Gasteiger partial charge in [-0.05, 0) is 30.7 Å². The Morgan fingerprint density at radius 3 is 2.59 bits per heavy atom. The lowest BCUT2D eigenvalue weighted by molar-refractivity contribution is -0.143. The van der Waals surface area contributed by atoms with Gasteiger partial charge in [0.25, 0.3) is 0 Å². The molecular formula is C13H19NO3. The highest BCUT2D eigenvalue weighted by molar-refractivity contribution is 5.69. The van der Waals surface area contributed by atoms with Gasteiger partial charge in [-0.25, -0.2) is 0 Å². The molecule has 1 aromatic carbocycles. The van der Waals surface area contributed by atoms with E-state index in [1.54, 1.807) is 7.11 Å². The number of hydrogen-bond acceptors (Lipinski definition) is 4. The molecular weight excluding hydrogens is 218 g/mol. The molecule has 0 fully saturated rings. The lowest BCUT2D eigenvalue weighted by atomic mass is 10.3. The quantitative estimate of drug-likeness (QED) is 0.584. The molecule has 0 aromatic heterocycles. The highest BCUT2D eigenvalue weighted by atomic mass is 16.5. The smallest absolute Gasteiger partial charge is 0.305 e. The van der Waals surface area contributed by atoms with Crippen LogP contribution in [0.2, 0.25) is 0 Å². The van der Waals surface area contributed by atoms with E-state index in [2.05, 4.69) is 5.32 Å². The minimum Gasteiger partial charge on any atom is -0.497 e. The van der Waals surface area contributed by atoms with Gasteiger partial charge < -0.3 is 14.8 Å². The minimum absolute atomic E-state index is 0.135. The van der Waals surface area contributed by atoms with Gasteiger partial charge in [0.05, 0.1) is 7.11 Å². The van der Waals surface area contributed by atoms with Crippen LogP contribution in [0.4, 0.5) is 5.69 Å². The highest BCUT2D eigenvalue weighted by Gasteiger charge is 1.99. The second-order valence-electron chi connectivity index (χ2n) is 3.63. The zero-order valence-corrected chi connectivity index (χ0v) is 10.4. The van der Waals surface area contributed by atoms with Crippen molar-refractivity contribution in [2.24, 2.45) is 0 Å². The number of benzene rings is 1. The van der Waals surface area contributed by atoms with Crippen LogP contribution in [0, 0.1) is 0 Å². The molecule has 94 valence electrons. The van der Waals surface area contributed by atoms with Crippen LogP contribution in [0.5, 0.6) is 5.75 Å². The summed E-state index contributed by atoms with van der Waals surface area (Å²) >= 11 is 0. The number of anilines is 1. The van der Waals surface area contributed by atoms with Crippen LogP contribution in [0.1, 0.15) is 19.8 Å². The van der Waals surface area contributed by atoms with Gasteiger partial charge >= 0.3 is 5.97 Å². The molecule has 0 radical (unpaired) electrons. The molecule has 0 unspecified atom stereocenters. The van der Waals surface area contributed by atoms with Crippen LogP contribution >= 0.6 is 0 Å². The van der Waals surface area contributed by atoms with Crippen LogP contribution in [0.15, 0.2) is 24.3 Å². The summed E-state index contributed by atoms with van der Waals surface area (Å²) in [5.41, 5.74) is 0.984. The third-order valence-corrected chi connectivity index (χ3v) is 2.24. The first-order valence-corrected chi connectivity index (χ1v) is 5.79. The lowest BCUT2D eigenvalue weighted by Gasteiger charge is -2.08. The first-order valence-electron chi connectivity index (χ1n) is 5.79. The standard InChI is InChI=1S/C13H19NO3/c1-3-4-13(15)17-10-9-14-11-5-7-12(16-2)8-6-11/h5-8,14H,3-4,9-10H2,1-2H3. The van der Waals surface area contributed by atoms with Crippen LogP contribution in [0.25, 0.3) is 0 Å². The number of methoxy groups -OCH3 is 1. The lowest BCUT2D eigenvalue weighted by Crippen LogP contribution is -2.13. The van der Waals surface area contributed by atoms with Crippen molar-refractivity contribution < 1.29 is 14.3 Å². The van der Waals surface area contributed by atoms with E-state index < -0.39 is 0 Å². The maximum absolute atomic E-state index is 11.1. The van der Waals surface area contributed by atoms with Crippen molar-refractivity contribution >= 4 is 11.7 Å². The molecule has 0 aliphatic rings. The molecule has 1 aromatic rings. The molecule has 0 heterocycles. The van der Waals surface area contributed by atoms with Gasteiger partial charge in [0, 0.05) is 18.7 Å². The second kappa shape index (κ2) is 7.54. The Bertz CT molecular complexity index is 335. The van der Waals surface area contributed by atoms with Crippen molar-refractivity contribution in [1.82, 2.24) is 0 Å². The molecule has 4 nitrogen and oxygen atoms in total. The van der Waals surface area contributed by atoms with Crippen LogP contribution in [0.3, 0.4) is 0 Å². The van der Waals surface area contributed by atoms with Gasteiger partial charge in [0.1, 0.15) is 12.4 Å². The normalized spacial score (nSPS) is 9.76. The molecule has 1 rings (SSSR count). The Morgan fingerprint density at radius 2 is 2.00 bits per heavy atom. The fraction of sp³-hybridized carbons (Fsp3) is 0.462. The number of esters is 1. The summed E-state index contributed by atoms with van der Waals surface area (Å²) in [4.78, 5) is 11.1. The van der Waals surface area contributed by atoms with Gasteiger partial charge in [0.2, 0.25) is 0 Å². The summed E-state index contributed by atoms with van der Waals surface area (Å²) in [6.07, 6.45) is 1.31. The van der Waals surface area contributed by atoms with Gasteiger partial charge in [-0.2, -0.15) is 0 Å². The van der Waals surface area contributed by atoms with E-state index in [0.29, 0.717) is 19.6 Å². The van der Waals surface area contributed by atoms with Gasteiger partial charge in [-0.1, -0.05) is 6.92 Å². The van der Waals surface area contributed by atoms with E-state index in [9.17, 15) is 4.79 Å². The fourth-order valence-electron chi connectivity index (χ4n) is 1.35. The molecule has 0 saturated carbocycles. The molecule has 1 N–H and O–H groups in total. The first kappa shape index (κ1) is 13.4. The molecule has 0 aliphatic carbocycles. The van der Waals surface area contributed by atoms with Crippen LogP contribution in [-0.2, 0) is 9.53 Å². The summed E-state index contributed by atoms with van der Waals surface area (Å²) in [5.74, 6) is 0.689. The van der Waals surface area contributed by atoms with Crippen molar-refractivity contribution in [2.45, 2.75) is 19.8 Å². The maximum atomic E-state index is 11.1.